The first-order valence-corrected chi connectivity index (χ1v) is 9.96. The van der Waals surface area contributed by atoms with Crippen LogP contribution in [-0.2, 0) is 32.0 Å². The molecule has 3 amide bonds. The fraction of sp³-hybridized carbons (Fsp3) is 0.273. The van der Waals surface area contributed by atoms with Gasteiger partial charge in [-0.3, -0.25) is 14.4 Å². The molecule has 170 valence electrons. The molecule has 8 N–H and O–H groups in total. The number of carboxylic acid groups (broad SMARTS) is 1. The topological polar surface area (TPSA) is 172 Å². The molecule has 10 nitrogen and oxygen atoms in total. The van der Waals surface area contributed by atoms with Crippen LogP contribution in [0.15, 0.2) is 54.6 Å². The lowest BCUT2D eigenvalue weighted by Crippen LogP contribution is -2.68. The van der Waals surface area contributed by atoms with Crippen molar-refractivity contribution in [2.24, 2.45) is 0 Å². The lowest BCUT2D eigenvalue weighted by molar-refractivity contribution is -0.403. The summed E-state index contributed by atoms with van der Waals surface area (Å²) in [5.41, 5.74) is 5.33. The van der Waals surface area contributed by atoms with Crippen LogP contribution in [0, 0.1) is 0 Å². The maximum atomic E-state index is 12.1. The summed E-state index contributed by atoms with van der Waals surface area (Å²) in [7, 11) is 0. The van der Waals surface area contributed by atoms with Crippen LogP contribution < -0.4 is 21.7 Å². The third-order valence-corrected chi connectivity index (χ3v) is 4.57. The molecule has 10 heteroatoms. The van der Waals surface area contributed by atoms with Gasteiger partial charge in [-0.2, -0.15) is 0 Å². The van der Waals surface area contributed by atoms with Gasteiger partial charge in [0, 0.05) is 12.8 Å². The number of phenolic OH excluding ortho intramolecular Hbond substituents is 1. The second-order valence-corrected chi connectivity index (χ2v) is 7.21. The largest absolute Gasteiger partial charge is 0.508 e. The number of carbonyl (C=O) groups is 4. The predicted octanol–water partition coefficient (Wildman–Crippen LogP) is -1.41. The minimum atomic E-state index is -1.18. The summed E-state index contributed by atoms with van der Waals surface area (Å²) < 4.78 is 0. The van der Waals surface area contributed by atoms with E-state index in [9.17, 15) is 29.4 Å². The Kier molecular flexibility index (Phi) is 9.18. The van der Waals surface area contributed by atoms with Crippen LogP contribution in [0.5, 0.6) is 5.75 Å². The van der Waals surface area contributed by atoms with Gasteiger partial charge in [0.1, 0.15) is 11.8 Å². The Labute approximate surface area is 184 Å². The summed E-state index contributed by atoms with van der Waals surface area (Å²) in [4.78, 5) is 47.4. The summed E-state index contributed by atoms with van der Waals surface area (Å²) in [6, 6.07) is 13.4. The molecule has 0 radical (unpaired) electrons. The number of carboxylic acids is 1. The second-order valence-electron chi connectivity index (χ2n) is 7.21. The Morgan fingerprint density at radius 2 is 1.41 bits per heavy atom. The van der Waals surface area contributed by atoms with Gasteiger partial charge < -0.3 is 31.9 Å². The van der Waals surface area contributed by atoms with E-state index >= 15 is 0 Å². The number of phenols is 1. The number of rotatable bonds is 11. The van der Waals surface area contributed by atoms with Gasteiger partial charge in [-0.25, -0.2) is 4.79 Å². The van der Waals surface area contributed by atoms with E-state index in [1.54, 1.807) is 42.5 Å². The zero-order valence-corrected chi connectivity index (χ0v) is 17.4. The molecule has 0 aliphatic heterocycles. The fourth-order valence-corrected chi connectivity index (χ4v) is 2.86. The number of benzene rings is 2. The highest BCUT2D eigenvalue weighted by Gasteiger charge is 2.21. The summed E-state index contributed by atoms with van der Waals surface area (Å²) >= 11 is 0. The number of amides is 3. The van der Waals surface area contributed by atoms with E-state index in [-0.39, 0.29) is 18.7 Å². The van der Waals surface area contributed by atoms with E-state index in [4.69, 9.17) is 0 Å². The van der Waals surface area contributed by atoms with Gasteiger partial charge in [-0.1, -0.05) is 42.5 Å². The second kappa shape index (κ2) is 12.1. The normalized spacial score (nSPS) is 12.3. The molecule has 0 aliphatic carbocycles. The molecule has 0 heterocycles. The van der Waals surface area contributed by atoms with Crippen molar-refractivity contribution < 1.29 is 35.1 Å². The van der Waals surface area contributed by atoms with Gasteiger partial charge in [0.15, 0.2) is 6.04 Å². The summed E-state index contributed by atoms with van der Waals surface area (Å²) in [6.07, 6.45) is 0.436. The molecule has 0 saturated carbocycles. The first-order valence-electron chi connectivity index (χ1n) is 9.96. The van der Waals surface area contributed by atoms with Crippen LogP contribution >= 0.6 is 0 Å². The number of carbonyl (C=O) groups excluding carboxylic acids is 3. The van der Waals surface area contributed by atoms with Crippen LogP contribution in [0.2, 0.25) is 0 Å². The van der Waals surface area contributed by atoms with Gasteiger partial charge >= 0.3 is 5.97 Å². The average Bonchev–Trinajstić information content (AvgIpc) is 2.77. The van der Waals surface area contributed by atoms with Crippen molar-refractivity contribution in [2.45, 2.75) is 24.9 Å². The number of quaternary nitrogens is 1. The van der Waals surface area contributed by atoms with E-state index in [1.165, 1.54) is 12.1 Å². The zero-order valence-electron chi connectivity index (χ0n) is 17.4. The minimum absolute atomic E-state index is 0.109. The Hall–Kier alpha value is -3.92. The van der Waals surface area contributed by atoms with Crippen LogP contribution in [0.25, 0.3) is 0 Å². The highest BCUT2D eigenvalue weighted by Crippen LogP contribution is 2.10. The quantitative estimate of drug-likeness (QED) is 0.249. The van der Waals surface area contributed by atoms with Crippen molar-refractivity contribution in [2.75, 3.05) is 13.1 Å². The third kappa shape index (κ3) is 8.44. The Morgan fingerprint density at radius 3 is 2.03 bits per heavy atom. The molecule has 2 aromatic carbocycles. The first-order chi connectivity index (χ1) is 15.2. The molecule has 0 fully saturated rings. The number of nitrogens with one attached hydrogen (secondary N) is 3. The van der Waals surface area contributed by atoms with Gasteiger partial charge in [0.2, 0.25) is 11.8 Å². The maximum absolute atomic E-state index is 12.1. The molecule has 2 rings (SSSR count). The first kappa shape index (κ1) is 24.4. The summed E-state index contributed by atoms with van der Waals surface area (Å²) in [5.74, 6) is -2.76. The van der Waals surface area contributed by atoms with Crippen molar-refractivity contribution in [1.82, 2.24) is 16.0 Å². The SMILES string of the molecule is [NH3+][C@@H](Cc1ccc(O)cc1)C(=O)NCC(=O)NCC(=O)N[C@@H](Cc1ccccc1)C(=O)O. The average molecular weight is 443 g/mol. The van der Waals surface area contributed by atoms with Crippen molar-refractivity contribution in [3.8, 4) is 5.75 Å². The molecule has 2 atom stereocenters. The highest BCUT2D eigenvalue weighted by atomic mass is 16.4. The van der Waals surface area contributed by atoms with Crippen molar-refractivity contribution in [3.05, 3.63) is 65.7 Å². The number of aromatic hydroxyl groups is 1. The molecule has 0 aliphatic rings. The van der Waals surface area contributed by atoms with E-state index in [2.05, 4.69) is 21.7 Å². The van der Waals surface area contributed by atoms with Gasteiger partial charge in [-0.05, 0) is 23.3 Å². The van der Waals surface area contributed by atoms with Crippen molar-refractivity contribution >= 4 is 23.7 Å². The van der Waals surface area contributed by atoms with Crippen LogP contribution in [0.4, 0.5) is 0 Å². The summed E-state index contributed by atoms with van der Waals surface area (Å²) in [6.45, 7) is -0.769. The summed E-state index contributed by atoms with van der Waals surface area (Å²) in [5, 5.41) is 25.7. The number of hydrogen-bond acceptors (Lipinski definition) is 5. The van der Waals surface area contributed by atoms with Crippen LogP contribution in [0.3, 0.4) is 0 Å². The van der Waals surface area contributed by atoms with Gasteiger partial charge in [-0.15, -0.1) is 0 Å². The van der Waals surface area contributed by atoms with E-state index < -0.39 is 42.3 Å². The standard InChI is InChI=1S/C22H26N4O6/c23-17(10-15-6-8-16(27)9-7-15)21(30)25-12-19(28)24-13-20(29)26-18(22(31)32)11-14-4-2-1-3-5-14/h1-9,17-18,27H,10-13,23H2,(H,24,28)(H,25,30)(H,26,29)(H,31,32)/p+1/t17-,18-/m0/s1. The molecule has 32 heavy (non-hydrogen) atoms. The van der Waals surface area contributed by atoms with Crippen LogP contribution in [-0.4, -0.2) is 59.1 Å². The predicted molar refractivity (Wildman–Crippen MR) is 114 cm³/mol. The zero-order chi connectivity index (χ0) is 23.5. The van der Waals surface area contributed by atoms with Gasteiger partial charge in [0.05, 0.1) is 13.1 Å². The fourth-order valence-electron chi connectivity index (χ4n) is 2.86. The van der Waals surface area contributed by atoms with Crippen molar-refractivity contribution in [1.29, 1.82) is 0 Å². The molecule has 0 aromatic heterocycles. The lowest BCUT2D eigenvalue weighted by Gasteiger charge is -2.15. The molecular formula is C22H27N4O6+. The molecular weight excluding hydrogens is 416 g/mol. The number of aliphatic carboxylic acids is 1. The Bertz CT molecular complexity index is 933. The highest BCUT2D eigenvalue weighted by molar-refractivity contribution is 5.90. The molecule has 0 saturated heterocycles. The van der Waals surface area contributed by atoms with Crippen LogP contribution in [0.1, 0.15) is 11.1 Å². The van der Waals surface area contributed by atoms with Crippen molar-refractivity contribution in [3.63, 3.8) is 0 Å². The molecule has 0 unspecified atom stereocenters. The monoisotopic (exact) mass is 443 g/mol. The lowest BCUT2D eigenvalue weighted by atomic mass is 10.1. The Balaban J connectivity index is 1.71. The third-order valence-electron chi connectivity index (χ3n) is 4.57. The smallest absolute Gasteiger partial charge is 0.326 e. The maximum Gasteiger partial charge on any atom is 0.326 e. The Morgan fingerprint density at radius 1 is 0.812 bits per heavy atom. The minimum Gasteiger partial charge on any atom is -0.508 e. The molecule has 0 spiro atoms. The van der Waals surface area contributed by atoms with Gasteiger partial charge in [0.25, 0.3) is 5.91 Å². The number of hydrogen-bond donors (Lipinski definition) is 6. The molecule has 2 aromatic rings. The van der Waals surface area contributed by atoms with E-state index in [0.29, 0.717) is 6.42 Å². The van der Waals surface area contributed by atoms with E-state index in [0.717, 1.165) is 11.1 Å². The molecule has 0 bridgehead atoms. The van der Waals surface area contributed by atoms with E-state index in [1.807, 2.05) is 0 Å².